The monoisotopic (exact) mass is 225 g/mol. The summed E-state index contributed by atoms with van der Waals surface area (Å²) in [5.41, 5.74) is -0.373. The number of fused-ring (bicyclic) bond motifs is 1. The molecule has 2 aliphatic rings. The Morgan fingerprint density at radius 2 is 1.69 bits per heavy atom. The molecule has 0 unspecified atom stereocenters. The number of carbonyl (C=O) groups is 1. The minimum absolute atomic E-state index is 0.130. The maximum Gasteiger partial charge on any atom is 0.410 e. The molecule has 1 heterocycles. The van der Waals surface area contributed by atoms with E-state index in [2.05, 4.69) is 6.92 Å². The Bertz CT molecular complexity index is 268. The fraction of sp³-hybridized carbons (Fsp3) is 0.923. The Kier molecular flexibility index (Phi) is 2.89. The van der Waals surface area contributed by atoms with Gasteiger partial charge >= 0.3 is 6.09 Å². The molecule has 3 heteroatoms. The number of amides is 1. The highest BCUT2D eigenvalue weighted by atomic mass is 16.6. The molecule has 0 aromatic heterocycles. The van der Waals surface area contributed by atoms with Gasteiger partial charge < -0.3 is 9.64 Å². The maximum absolute atomic E-state index is 11.9. The summed E-state index contributed by atoms with van der Waals surface area (Å²) in [6.45, 7) is 9.89. The summed E-state index contributed by atoms with van der Waals surface area (Å²) in [6, 6.07) is 0. The van der Waals surface area contributed by atoms with Gasteiger partial charge in [-0.25, -0.2) is 4.79 Å². The smallest absolute Gasteiger partial charge is 0.410 e. The van der Waals surface area contributed by atoms with Crippen LogP contribution in [0.3, 0.4) is 0 Å². The number of carbonyl (C=O) groups excluding carboxylic acids is 1. The Morgan fingerprint density at radius 1 is 1.19 bits per heavy atom. The molecule has 1 saturated carbocycles. The van der Waals surface area contributed by atoms with Crippen LogP contribution in [0.2, 0.25) is 0 Å². The zero-order valence-electron chi connectivity index (χ0n) is 10.8. The van der Waals surface area contributed by atoms with Crippen LogP contribution in [0, 0.1) is 17.8 Å². The highest BCUT2D eigenvalue weighted by Gasteiger charge is 2.41. The van der Waals surface area contributed by atoms with E-state index in [-0.39, 0.29) is 11.7 Å². The number of hydrogen-bond acceptors (Lipinski definition) is 2. The summed E-state index contributed by atoms with van der Waals surface area (Å²) in [7, 11) is 0. The molecule has 1 aliphatic heterocycles. The molecule has 1 amide bonds. The van der Waals surface area contributed by atoms with Crippen LogP contribution in [0.15, 0.2) is 0 Å². The molecule has 0 bridgehead atoms. The molecule has 1 saturated heterocycles. The standard InChI is InChI=1S/C13H23NO2/c1-9-5-10-7-14(8-11(10)6-9)12(15)16-13(2,3)4/h9-11H,5-8H2,1-4H3/t9-,10-,11+. The van der Waals surface area contributed by atoms with Crippen molar-refractivity contribution in [1.82, 2.24) is 4.90 Å². The van der Waals surface area contributed by atoms with Gasteiger partial charge in [0.05, 0.1) is 0 Å². The second-order valence-corrected chi connectivity index (χ2v) is 6.48. The Balaban J connectivity index is 1.88. The van der Waals surface area contributed by atoms with Gasteiger partial charge in [-0.05, 0) is 51.4 Å². The average molecular weight is 225 g/mol. The van der Waals surface area contributed by atoms with E-state index in [4.69, 9.17) is 4.74 Å². The van der Waals surface area contributed by atoms with Crippen molar-refractivity contribution in [2.45, 2.75) is 46.1 Å². The molecule has 2 fully saturated rings. The molecule has 2 rings (SSSR count). The van der Waals surface area contributed by atoms with Crippen molar-refractivity contribution in [2.24, 2.45) is 17.8 Å². The zero-order valence-corrected chi connectivity index (χ0v) is 10.8. The summed E-state index contributed by atoms with van der Waals surface area (Å²) in [5, 5.41) is 0. The molecular formula is C13H23NO2. The molecule has 0 radical (unpaired) electrons. The summed E-state index contributed by atoms with van der Waals surface area (Å²) >= 11 is 0. The number of hydrogen-bond donors (Lipinski definition) is 0. The van der Waals surface area contributed by atoms with Crippen LogP contribution in [0.1, 0.15) is 40.5 Å². The van der Waals surface area contributed by atoms with Gasteiger partial charge in [0.2, 0.25) is 0 Å². The lowest BCUT2D eigenvalue weighted by atomic mass is 10.0. The van der Waals surface area contributed by atoms with Crippen molar-refractivity contribution >= 4 is 6.09 Å². The molecule has 0 spiro atoms. The van der Waals surface area contributed by atoms with Gasteiger partial charge in [-0.15, -0.1) is 0 Å². The number of likely N-dealkylation sites (tertiary alicyclic amines) is 1. The molecule has 0 aromatic rings. The highest BCUT2D eigenvalue weighted by molar-refractivity contribution is 5.68. The van der Waals surface area contributed by atoms with Crippen molar-refractivity contribution in [3.05, 3.63) is 0 Å². The van der Waals surface area contributed by atoms with Gasteiger partial charge in [-0.2, -0.15) is 0 Å². The number of ether oxygens (including phenoxy) is 1. The third-order valence-corrected chi connectivity index (χ3v) is 3.64. The molecule has 3 nitrogen and oxygen atoms in total. The first-order chi connectivity index (χ1) is 7.35. The average Bonchev–Trinajstić information content (AvgIpc) is 2.56. The summed E-state index contributed by atoms with van der Waals surface area (Å²) in [4.78, 5) is 13.8. The van der Waals surface area contributed by atoms with Crippen LogP contribution >= 0.6 is 0 Å². The normalized spacial score (nSPS) is 34.0. The summed E-state index contributed by atoms with van der Waals surface area (Å²) < 4.78 is 5.40. The van der Waals surface area contributed by atoms with Crippen LogP contribution in [-0.2, 0) is 4.74 Å². The van der Waals surface area contributed by atoms with Gasteiger partial charge in [0.25, 0.3) is 0 Å². The Hall–Kier alpha value is -0.730. The largest absolute Gasteiger partial charge is 0.444 e. The predicted octanol–water partition coefficient (Wildman–Crippen LogP) is 2.90. The fourth-order valence-corrected chi connectivity index (χ4v) is 3.08. The molecule has 0 aromatic carbocycles. The first kappa shape index (κ1) is 11.7. The third-order valence-electron chi connectivity index (χ3n) is 3.64. The van der Waals surface area contributed by atoms with E-state index in [9.17, 15) is 4.79 Å². The van der Waals surface area contributed by atoms with E-state index >= 15 is 0 Å². The first-order valence-electron chi connectivity index (χ1n) is 6.33. The van der Waals surface area contributed by atoms with E-state index in [1.165, 1.54) is 12.8 Å². The topological polar surface area (TPSA) is 29.5 Å². The van der Waals surface area contributed by atoms with Crippen molar-refractivity contribution < 1.29 is 9.53 Å². The second-order valence-electron chi connectivity index (χ2n) is 6.48. The quantitative estimate of drug-likeness (QED) is 0.634. The molecule has 16 heavy (non-hydrogen) atoms. The lowest BCUT2D eigenvalue weighted by molar-refractivity contribution is 0.0278. The van der Waals surface area contributed by atoms with Crippen molar-refractivity contribution in [3.63, 3.8) is 0 Å². The van der Waals surface area contributed by atoms with Crippen LogP contribution in [0.4, 0.5) is 4.79 Å². The van der Waals surface area contributed by atoms with Gasteiger partial charge in [0.1, 0.15) is 5.60 Å². The van der Waals surface area contributed by atoms with Crippen LogP contribution < -0.4 is 0 Å². The third kappa shape index (κ3) is 2.50. The maximum atomic E-state index is 11.9. The number of nitrogens with zero attached hydrogens (tertiary/aromatic N) is 1. The van der Waals surface area contributed by atoms with E-state index in [1.54, 1.807) is 0 Å². The van der Waals surface area contributed by atoms with E-state index in [0.29, 0.717) is 0 Å². The first-order valence-corrected chi connectivity index (χ1v) is 6.33. The Labute approximate surface area is 98.1 Å². The van der Waals surface area contributed by atoms with Crippen LogP contribution in [0.25, 0.3) is 0 Å². The van der Waals surface area contributed by atoms with E-state index in [0.717, 1.165) is 30.8 Å². The van der Waals surface area contributed by atoms with Crippen molar-refractivity contribution in [1.29, 1.82) is 0 Å². The van der Waals surface area contributed by atoms with Crippen molar-refractivity contribution in [3.8, 4) is 0 Å². The highest BCUT2D eigenvalue weighted by Crippen LogP contribution is 2.41. The predicted molar refractivity (Wildman–Crippen MR) is 63.2 cm³/mol. The van der Waals surface area contributed by atoms with E-state index < -0.39 is 0 Å². The molecule has 1 aliphatic carbocycles. The lowest BCUT2D eigenvalue weighted by Crippen LogP contribution is -2.36. The summed E-state index contributed by atoms with van der Waals surface area (Å²) in [5.74, 6) is 2.29. The minimum atomic E-state index is -0.373. The van der Waals surface area contributed by atoms with Crippen molar-refractivity contribution in [2.75, 3.05) is 13.1 Å². The summed E-state index contributed by atoms with van der Waals surface area (Å²) in [6.07, 6.45) is 2.43. The van der Waals surface area contributed by atoms with Gasteiger partial charge in [-0.3, -0.25) is 0 Å². The SMILES string of the molecule is C[C@@H]1C[C@@H]2CN(C(=O)OC(C)(C)C)C[C@@H]2C1. The molecule has 92 valence electrons. The van der Waals surface area contributed by atoms with Gasteiger partial charge in [0.15, 0.2) is 0 Å². The van der Waals surface area contributed by atoms with E-state index in [1.807, 2.05) is 25.7 Å². The minimum Gasteiger partial charge on any atom is -0.444 e. The molecule has 3 atom stereocenters. The lowest BCUT2D eigenvalue weighted by Gasteiger charge is -2.25. The van der Waals surface area contributed by atoms with Crippen LogP contribution in [0.5, 0.6) is 0 Å². The van der Waals surface area contributed by atoms with Crippen LogP contribution in [-0.4, -0.2) is 29.7 Å². The zero-order chi connectivity index (χ0) is 11.9. The number of rotatable bonds is 0. The van der Waals surface area contributed by atoms with Gasteiger partial charge in [0, 0.05) is 13.1 Å². The molecular weight excluding hydrogens is 202 g/mol. The molecule has 0 N–H and O–H groups in total. The second kappa shape index (κ2) is 3.94. The van der Waals surface area contributed by atoms with Gasteiger partial charge in [-0.1, -0.05) is 6.92 Å². The Morgan fingerprint density at radius 3 is 2.12 bits per heavy atom. The fourth-order valence-electron chi connectivity index (χ4n) is 3.08.